The van der Waals surface area contributed by atoms with Gasteiger partial charge in [0.2, 0.25) is 10.0 Å². The lowest BCUT2D eigenvalue weighted by molar-refractivity contribution is 0.414. The molecule has 26 heavy (non-hydrogen) atoms. The standard InChI is InChI=1S/C19H23Cl2NO3S/c1-12(13-6-8-14(9-7-13)19(2,3)4)22-26(23,24)16-11-10-15(25-5)17(20)18(16)21/h6-12,22H,1-5H3/t12-/m0/s1. The first-order valence-electron chi connectivity index (χ1n) is 8.12. The van der Waals surface area contributed by atoms with E-state index < -0.39 is 16.1 Å². The molecule has 0 aliphatic rings. The highest BCUT2D eigenvalue weighted by molar-refractivity contribution is 7.89. The van der Waals surface area contributed by atoms with Gasteiger partial charge in [-0.1, -0.05) is 68.2 Å². The lowest BCUT2D eigenvalue weighted by Crippen LogP contribution is -2.27. The number of benzene rings is 2. The molecule has 1 N–H and O–H groups in total. The molecule has 0 heterocycles. The third kappa shape index (κ3) is 4.52. The molecule has 0 bridgehead atoms. The largest absolute Gasteiger partial charge is 0.495 e. The zero-order valence-electron chi connectivity index (χ0n) is 15.4. The Morgan fingerprint density at radius 2 is 1.58 bits per heavy atom. The van der Waals surface area contributed by atoms with Crippen LogP contribution < -0.4 is 9.46 Å². The maximum absolute atomic E-state index is 12.7. The van der Waals surface area contributed by atoms with Crippen molar-refractivity contribution in [3.05, 3.63) is 57.6 Å². The minimum absolute atomic E-state index is 0.0364. The van der Waals surface area contributed by atoms with E-state index in [0.717, 1.165) is 5.56 Å². The third-order valence-corrected chi connectivity index (χ3v) is 6.69. The summed E-state index contributed by atoms with van der Waals surface area (Å²) in [5, 5.41) is 0.00743. The van der Waals surface area contributed by atoms with Crippen molar-refractivity contribution in [2.75, 3.05) is 7.11 Å². The summed E-state index contributed by atoms with van der Waals surface area (Å²) in [6.45, 7) is 8.17. The van der Waals surface area contributed by atoms with Gasteiger partial charge in [0.1, 0.15) is 15.7 Å². The lowest BCUT2D eigenvalue weighted by atomic mass is 9.86. The van der Waals surface area contributed by atoms with Crippen LogP contribution in [-0.4, -0.2) is 15.5 Å². The van der Waals surface area contributed by atoms with E-state index in [-0.39, 0.29) is 20.4 Å². The molecular weight excluding hydrogens is 393 g/mol. The van der Waals surface area contributed by atoms with Crippen LogP contribution in [0.15, 0.2) is 41.3 Å². The van der Waals surface area contributed by atoms with E-state index in [1.807, 2.05) is 24.3 Å². The number of ether oxygens (including phenoxy) is 1. The van der Waals surface area contributed by atoms with Gasteiger partial charge >= 0.3 is 0 Å². The predicted molar refractivity (Wildman–Crippen MR) is 107 cm³/mol. The zero-order chi connectivity index (χ0) is 19.7. The van der Waals surface area contributed by atoms with Crippen molar-refractivity contribution in [2.45, 2.75) is 44.0 Å². The molecule has 0 saturated heterocycles. The molecular formula is C19H23Cl2NO3S. The maximum Gasteiger partial charge on any atom is 0.242 e. The van der Waals surface area contributed by atoms with Gasteiger partial charge in [-0.05, 0) is 35.6 Å². The van der Waals surface area contributed by atoms with Crippen LogP contribution in [-0.2, 0) is 15.4 Å². The summed E-state index contributed by atoms with van der Waals surface area (Å²) in [5.41, 5.74) is 2.08. The molecule has 0 aliphatic carbocycles. The Labute approximate surface area is 165 Å². The van der Waals surface area contributed by atoms with E-state index in [9.17, 15) is 8.42 Å². The van der Waals surface area contributed by atoms with E-state index in [4.69, 9.17) is 27.9 Å². The molecule has 2 rings (SSSR count). The molecule has 142 valence electrons. The molecule has 0 unspecified atom stereocenters. The molecule has 0 fully saturated rings. The van der Waals surface area contributed by atoms with Gasteiger partial charge in [0, 0.05) is 6.04 Å². The van der Waals surface area contributed by atoms with Gasteiger partial charge in [0.05, 0.1) is 12.1 Å². The van der Waals surface area contributed by atoms with E-state index in [1.165, 1.54) is 24.8 Å². The fourth-order valence-electron chi connectivity index (χ4n) is 2.52. The summed E-state index contributed by atoms with van der Waals surface area (Å²) < 4.78 is 33.1. The molecule has 2 aromatic carbocycles. The second kappa shape index (κ2) is 7.77. The molecule has 0 spiro atoms. The van der Waals surface area contributed by atoms with Crippen molar-refractivity contribution in [1.29, 1.82) is 0 Å². The Kier molecular flexibility index (Phi) is 6.28. The van der Waals surface area contributed by atoms with Gasteiger partial charge in [-0.2, -0.15) is 0 Å². The third-order valence-electron chi connectivity index (χ3n) is 4.13. The normalized spacial score (nSPS) is 13.5. The lowest BCUT2D eigenvalue weighted by Gasteiger charge is -2.21. The second-order valence-electron chi connectivity index (χ2n) is 7.11. The van der Waals surface area contributed by atoms with Crippen LogP contribution in [0.5, 0.6) is 5.75 Å². The van der Waals surface area contributed by atoms with Gasteiger partial charge < -0.3 is 4.74 Å². The quantitative estimate of drug-likeness (QED) is 0.716. The van der Waals surface area contributed by atoms with Crippen LogP contribution in [0.25, 0.3) is 0 Å². The highest BCUT2D eigenvalue weighted by Gasteiger charge is 2.24. The monoisotopic (exact) mass is 415 g/mol. The van der Waals surface area contributed by atoms with Crippen molar-refractivity contribution < 1.29 is 13.2 Å². The Morgan fingerprint density at radius 3 is 2.08 bits per heavy atom. The predicted octanol–water partition coefficient (Wildman–Crippen LogP) is 5.34. The van der Waals surface area contributed by atoms with Gasteiger partial charge in [-0.3, -0.25) is 0 Å². The van der Waals surface area contributed by atoms with Crippen LogP contribution >= 0.6 is 23.2 Å². The van der Waals surface area contributed by atoms with Crippen molar-refractivity contribution in [1.82, 2.24) is 4.72 Å². The number of halogens is 2. The number of methoxy groups -OCH3 is 1. The average Bonchev–Trinajstić information content (AvgIpc) is 2.56. The minimum atomic E-state index is -3.85. The molecule has 0 saturated carbocycles. The Bertz CT molecular complexity index is 888. The highest BCUT2D eigenvalue weighted by atomic mass is 35.5. The molecule has 2 aromatic rings. The molecule has 4 nitrogen and oxygen atoms in total. The number of hydrogen-bond donors (Lipinski definition) is 1. The van der Waals surface area contributed by atoms with Crippen LogP contribution in [0.4, 0.5) is 0 Å². The molecule has 0 radical (unpaired) electrons. The number of sulfonamides is 1. The second-order valence-corrected chi connectivity index (χ2v) is 9.55. The van der Waals surface area contributed by atoms with E-state index in [0.29, 0.717) is 5.75 Å². The van der Waals surface area contributed by atoms with Crippen molar-refractivity contribution in [2.24, 2.45) is 0 Å². The first-order valence-corrected chi connectivity index (χ1v) is 10.4. The zero-order valence-corrected chi connectivity index (χ0v) is 17.8. The first kappa shape index (κ1) is 21.0. The fourth-order valence-corrected chi connectivity index (χ4v) is 4.59. The summed E-state index contributed by atoms with van der Waals surface area (Å²) in [5.74, 6) is 0.321. The van der Waals surface area contributed by atoms with E-state index >= 15 is 0 Å². The van der Waals surface area contributed by atoms with Crippen molar-refractivity contribution in [3.8, 4) is 5.75 Å². The fraction of sp³-hybridized carbons (Fsp3) is 0.368. The van der Waals surface area contributed by atoms with Crippen LogP contribution in [0.1, 0.15) is 44.9 Å². The van der Waals surface area contributed by atoms with Gasteiger partial charge in [-0.15, -0.1) is 0 Å². The average molecular weight is 416 g/mol. The van der Waals surface area contributed by atoms with E-state index in [2.05, 4.69) is 25.5 Å². The summed E-state index contributed by atoms with van der Waals surface area (Å²) in [6, 6.07) is 10.3. The minimum Gasteiger partial charge on any atom is -0.495 e. The Balaban J connectivity index is 2.28. The molecule has 0 aromatic heterocycles. The molecule has 0 amide bonds. The van der Waals surface area contributed by atoms with Crippen LogP contribution in [0.3, 0.4) is 0 Å². The number of hydrogen-bond acceptors (Lipinski definition) is 3. The number of nitrogens with one attached hydrogen (secondary N) is 1. The maximum atomic E-state index is 12.7. The summed E-state index contributed by atoms with van der Waals surface area (Å²) >= 11 is 12.2. The Morgan fingerprint density at radius 1 is 1.00 bits per heavy atom. The SMILES string of the molecule is COc1ccc(S(=O)(=O)N[C@@H](C)c2ccc(C(C)(C)C)cc2)c(Cl)c1Cl. The summed E-state index contributed by atoms with van der Waals surface area (Å²) in [7, 11) is -2.41. The van der Waals surface area contributed by atoms with Crippen LogP contribution in [0, 0.1) is 0 Å². The summed E-state index contributed by atoms with van der Waals surface area (Å²) in [4.78, 5) is -0.0804. The Hall–Kier alpha value is -1.27. The molecule has 1 atom stereocenters. The van der Waals surface area contributed by atoms with Gasteiger partial charge in [0.25, 0.3) is 0 Å². The number of rotatable bonds is 5. The molecule has 7 heteroatoms. The first-order chi connectivity index (χ1) is 12.0. The van der Waals surface area contributed by atoms with Gasteiger partial charge in [0.15, 0.2) is 0 Å². The molecule has 0 aliphatic heterocycles. The van der Waals surface area contributed by atoms with Crippen molar-refractivity contribution >= 4 is 33.2 Å². The van der Waals surface area contributed by atoms with E-state index in [1.54, 1.807) is 6.92 Å². The smallest absolute Gasteiger partial charge is 0.242 e. The highest BCUT2D eigenvalue weighted by Crippen LogP contribution is 2.37. The van der Waals surface area contributed by atoms with Crippen molar-refractivity contribution in [3.63, 3.8) is 0 Å². The topological polar surface area (TPSA) is 55.4 Å². The van der Waals surface area contributed by atoms with Gasteiger partial charge in [-0.25, -0.2) is 13.1 Å². The van der Waals surface area contributed by atoms with Crippen LogP contribution in [0.2, 0.25) is 10.0 Å². The summed E-state index contributed by atoms with van der Waals surface area (Å²) in [6.07, 6.45) is 0.